The van der Waals surface area contributed by atoms with Crippen molar-refractivity contribution in [3.63, 3.8) is 0 Å². The Morgan fingerprint density at radius 2 is 2.37 bits per heavy atom. The molecule has 0 bridgehead atoms. The van der Waals surface area contributed by atoms with Gasteiger partial charge in [0, 0.05) is 6.54 Å². The van der Waals surface area contributed by atoms with Crippen molar-refractivity contribution in [2.24, 2.45) is 0 Å². The maximum Gasteiger partial charge on any atom is 0.308 e. The molecule has 6 heteroatoms. The second-order valence-corrected chi connectivity index (χ2v) is 3.85. The molecule has 0 aliphatic heterocycles. The number of rotatable bonds is 6. The lowest BCUT2D eigenvalue weighted by molar-refractivity contribution is -0.145. The minimum absolute atomic E-state index is 0.0686. The number of aliphatic hydroxyl groups excluding tert-OH is 1. The Kier molecular flexibility index (Phi) is 5.76. The van der Waals surface area contributed by atoms with E-state index in [1.54, 1.807) is 6.92 Å². The first-order chi connectivity index (χ1) is 9.06. The van der Waals surface area contributed by atoms with E-state index in [4.69, 9.17) is 10.00 Å². The Morgan fingerprint density at radius 1 is 1.63 bits per heavy atom. The third-order valence-corrected chi connectivity index (χ3v) is 2.34. The van der Waals surface area contributed by atoms with Crippen molar-refractivity contribution in [1.29, 1.82) is 5.26 Å². The van der Waals surface area contributed by atoms with Gasteiger partial charge in [-0.15, -0.1) is 0 Å². The van der Waals surface area contributed by atoms with Crippen LogP contribution in [0.15, 0.2) is 18.2 Å². The normalized spacial score (nSPS) is 11.5. The molecule has 1 aromatic carbocycles. The molecule has 0 fully saturated rings. The number of esters is 1. The molecule has 0 heterocycles. The quantitative estimate of drug-likeness (QED) is 0.761. The van der Waals surface area contributed by atoms with E-state index in [0.29, 0.717) is 5.69 Å². The lowest BCUT2D eigenvalue weighted by Gasteiger charge is -2.13. The average molecular weight is 266 g/mol. The molecule has 19 heavy (non-hydrogen) atoms. The molecule has 0 saturated heterocycles. The van der Waals surface area contributed by atoms with E-state index in [9.17, 15) is 14.3 Å². The number of benzene rings is 1. The molecule has 0 spiro atoms. The van der Waals surface area contributed by atoms with E-state index in [0.717, 1.165) is 6.07 Å². The molecular weight excluding hydrogens is 251 g/mol. The molecule has 0 saturated carbocycles. The van der Waals surface area contributed by atoms with E-state index in [1.165, 1.54) is 12.1 Å². The Labute approximate surface area is 110 Å². The number of nitrogens with one attached hydrogen (secondary N) is 1. The topological polar surface area (TPSA) is 82.3 Å². The monoisotopic (exact) mass is 266 g/mol. The molecule has 102 valence electrons. The van der Waals surface area contributed by atoms with Crippen LogP contribution in [0.25, 0.3) is 0 Å². The first kappa shape index (κ1) is 14.9. The van der Waals surface area contributed by atoms with Gasteiger partial charge >= 0.3 is 5.97 Å². The van der Waals surface area contributed by atoms with Crippen LogP contribution >= 0.6 is 0 Å². The summed E-state index contributed by atoms with van der Waals surface area (Å²) in [7, 11) is 0. The fraction of sp³-hybridized carbons (Fsp3) is 0.385. The summed E-state index contributed by atoms with van der Waals surface area (Å²) in [6, 6.07) is 5.56. The molecule has 5 nitrogen and oxygen atoms in total. The number of ether oxygens (including phenoxy) is 1. The van der Waals surface area contributed by atoms with Gasteiger partial charge in [-0.3, -0.25) is 4.79 Å². The molecule has 0 aromatic heterocycles. The standard InChI is InChI=1S/C13H15FN2O3/c1-2-19-13(18)6-11(17)8-16-12-4-3-10(14)5-9(12)7-15/h3-5,11,16-17H,2,6,8H2,1H3. The van der Waals surface area contributed by atoms with Gasteiger partial charge in [-0.1, -0.05) is 0 Å². The van der Waals surface area contributed by atoms with Crippen LogP contribution in [0.2, 0.25) is 0 Å². The van der Waals surface area contributed by atoms with Crippen LogP contribution in [0.1, 0.15) is 18.9 Å². The largest absolute Gasteiger partial charge is 0.466 e. The molecule has 1 atom stereocenters. The first-order valence-corrected chi connectivity index (χ1v) is 5.84. The summed E-state index contributed by atoms with van der Waals surface area (Å²) in [4.78, 5) is 11.1. The fourth-order valence-electron chi connectivity index (χ4n) is 1.48. The predicted molar refractivity (Wildman–Crippen MR) is 66.9 cm³/mol. The van der Waals surface area contributed by atoms with Crippen LogP contribution in [-0.2, 0) is 9.53 Å². The fourth-order valence-corrected chi connectivity index (χ4v) is 1.48. The lowest BCUT2D eigenvalue weighted by Crippen LogP contribution is -2.24. The zero-order chi connectivity index (χ0) is 14.3. The Hall–Kier alpha value is -2.13. The molecule has 0 aliphatic carbocycles. The Balaban J connectivity index is 2.53. The van der Waals surface area contributed by atoms with Gasteiger partial charge in [0.2, 0.25) is 0 Å². The highest BCUT2D eigenvalue weighted by Gasteiger charge is 2.12. The van der Waals surface area contributed by atoms with E-state index >= 15 is 0 Å². The van der Waals surface area contributed by atoms with Crippen molar-refractivity contribution in [3.8, 4) is 6.07 Å². The van der Waals surface area contributed by atoms with Crippen molar-refractivity contribution in [1.82, 2.24) is 0 Å². The number of nitrogens with zero attached hydrogens (tertiary/aromatic N) is 1. The van der Waals surface area contributed by atoms with Crippen molar-refractivity contribution < 1.29 is 19.0 Å². The van der Waals surface area contributed by atoms with Crippen molar-refractivity contribution in [2.75, 3.05) is 18.5 Å². The summed E-state index contributed by atoms with van der Waals surface area (Å²) in [6.07, 6.45) is -1.07. The van der Waals surface area contributed by atoms with Gasteiger partial charge in [0.15, 0.2) is 0 Å². The minimum Gasteiger partial charge on any atom is -0.466 e. The smallest absolute Gasteiger partial charge is 0.308 e. The van der Waals surface area contributed by atoms with E-state index < -0.39 is 17.9 Å². The molecule has 0 radical (unpaired) electrons. The maximum atomic E-state index is 12.9. The van der Waals surface area contributed by atoms with Gasteiger partial charge in [0.05, 0.1) is 30.4 Å². The molecule has 1 aromatic rings. The number of anilines is 1. The van der Waals surface area contributed by atoms with Gasteiger partial charge in [-0.25, -0.2) is 4.39 Å². The third-order valence-electron chi connectivity index (χ3n) is 2.34. The Morgan fingerprint density at radius 3 is 3.00 bits per heavy atom. The zero-order valence-electron chi connectivity index (χ0n) is 10.5. The summed E-state index contributed by atoms with van der Waals surface area (Å²) in [6.45, 7) is 2.01. The second kappa shape index (κ2) is 7.34. The maximum absolute atomic E-state index is 12.9. The molecule has 0 aliphatic rings. The van der Waals surface area contributed by atoms with Crippen LogP contribution < -0.4 is 5.32 Å². The number of carbonyl (C=O) groups is 1. The van der Waals surface area contributed by atoms with Gasteiger partial charge in [0.1, 0.15) is 11.9 Å². The van der Waals surface area contributed by atoms with Gasteiger partial charge < -0.3 is 15.2 Å². The highest BCUT2D eigenvalue weighted by molar-refractivity contribution is 5.70. The summed E-state index contributed by atoms with van der Waals surface area (Å²) >= 11 is 0. The SMILES string of the molecule is CCOC(=O)CC(O)CNc1ccc(F)cc1C#N. The lowest BCUT2D eigenvalue weighted by atomic mass is 10.1. The van der Waals surface area contributed by atoms with Crippen molar-refractivity contribution in [2.45, 2.75) is 19.4 Å². The van der Waals surface area contributed by atoms with Gasteiger partial charge in [-0.2, -0.15) is 5.26 Å². The highest BCUT2D eigenvalue weighted by Crippen LogP contribution is 2.16. The molecular formula is C13H15FN2O3. The van der Waals surface area contributed by atoms with E-state index in [2.05, 4.69) is 5.32 Å². The van der Waals surface area contributed by atoms with Crippen molar-refractivity contribution in [3.05, 3.63) is 29.6 Å². The molecule has 1 rings (SSSR count). The summed E-state index contributed by atoms with van der Waals surface area (Å²) in [5, 5.41) is 21.2. The summed E-state index contributed by atoms with van der Waals surface area (Å²) < 4.78 is 17.6. The number of aliphatic hydroxyl groups is 1. The number of hydrogen-bond donors (Lipinski definition) is 2. The molecule has 0 amide bonds. The van der Waals surface area contributed by atoms with Crippen LogP contribution in [-0.4, -0.2) is 30.3 Å². The predicted octanol–water partition coefficient (Wildman–Crippen LogP) is 1.42. The second-order valence-electron chi connectivity index (χ2n) is 3.85. The summed E-state index contributed by atoms with van der Waals surface area (Å²) in [5.41, 5.74) is 0.551. The van der Waals surface area contributed by atoms with Crippen LogP contribution in [0.4, 0.5) is 10.1 Å². The van der Waals surface area contributed by atoms with Crippen LogP contribution in [0, 0.1) is 17.1 Å². The third kappa shape index (κ3) is 4.94. The van der Waals surface area contributed by atoms with Crippen LogP contribution in [0.3, 0.4) is 0 Å². The Bertz CT molecular complexity index is 485. The van der Waals surface area contributed by atoms with E-state index in [1.807, 2.05) is 6.07 Å². The number of halogens is 1. The van der Waals surface area contributed by atoms with Crippen molar-refractivity contribution >= 4 is 11.7 Å². The molecule has 1 unspecified atom stereocenters. The highest BCUT2D eigenvalue weighted by atomic mass is 19.1. The number of nitriles is 1. The molecule has 2 N–H and O–H groups in total. The first-order valence-electron chi connectivity index (χ1n) is 5.84. The number of hydrogen-bond acceptors (Lipinski definition) is 5. The number of carbonyl (C=O) groups excluding carboxylic acids is 1. The minimum atomic E-state index is -0.935. The zero-order valence-corrected chi connectivity index (χ0v) is 10.5. The van der Waals surface area contributed by atoms with Gasteiger partial charge in [0.25, 0.3) is 0 Å². The summed E-state index contributed by atoms with van der Waals surface area (Å²) in [5.74, 6) is -0.995. The van der Waals surface area contributed by atoms with E-state index in [-0.39, 0.29) is 25.1 Å². The van der Waals surface area contributed by atoms with Crippen LogP contribution in [0.5, 0.6) is 0 Å². The average Bonchev–Trinajstić information content (AvgIpc) is 2.37. The van der Waals surface area contributed by atoms with Gasteiger partial charge in [-0.05, 0) is 25.1 Å².